The molecule has 0 unspecified atom stereocenters. The van der Waals surface area contributed by atoms with Crippen molar-refractivity contribution in [1.82, 2.24) is 0 Å². The minimum Gasteiger partial charge on any atom is -0.319 e. The van der Waals surface area contributed by atoms with Crippen LogP contribution in [-0.2, 0) is 14.8 Å². The predicted octanol–water partition coefficient (Wildman–Crippen LogP) is 2.97. The molecule has 1 aliphatic heterocycles. The van der Waals surface area contributed by atoms with E-state index in [-0.39, 0.29) is 16.6 Å². The monoisotopic (exact) mass is 389 g/mol. The maximum atomic E-state index is 12.5. The summed E-state index contributed by atoms with van der Waals surface area (Å²) >= 11 is 1.13. The zero-order valence-corrected chi connectivity index (χ0v) is 16.1. The standard InChI is InChI=1S/C18H19N3O3S2/c1-3-21-15-11-7-8-12-16(15)26(23,24)19-18(21)25-13-17(22)20(2)14-9-5-4-6-10-14/h4-12H,3,13H2,1-2H3. The van der Waals surface area contributed by atoms with E-state index in [0.717, 1.165) is 17.4 Å². The molecule has 0 bridgehead atoms. The molecular weight excluding hydrogens is 370 g/mol. The smallest absolute Gasteiger partial charge is 0.286 e. The Bertz CT molecular complexity index is 943. The Labute approximate surface area is 157 Å². The minimum absolute atomic E-state index is 0.0956. The molecular formula is C18H19N3O3S2. The van der Waals surface area contributed by atoms with Crippen molar-refractivity contribution in [1.29, 1.82) is 0 Å². The van der Waals surface area contributed by atoms with Crippen LogP contribution in [0.1, 0.15) is 6.92 Å². The van der Waals surface area contributed by atoms with Gasteiger partial charge >= 0.3 is 0 Å². The lowest BCUT2D eigenvalue weighted by Crippen LogP contribution is -2.35. The highest BCUT2D eigenvalue weighted by Crippen LogP contribution is 2.33. The molecule has 2 aromatic carbocycles. The molecule has 0 saturated heterocycles. The third-order valence-corrected chi connectivity index (χ3v) is 6.41. The van der Waals surface area contributed by atoms with Crippen molar-refractivity contribution >= 4 is 44.2 Å². The molecule has 0 saturated carbocycles. The second-order valence-corrected chi connectivity index (χ2v) is 8.15. The van der Waals surface area contributed by atoms with E-state index in [4.69, 9.17) is 0 Å². The number of amides is 1. The van der Waals surface area contributed by atoms with E-state index >= 15 is 0 Å². The summed E-state index contributed by atoms with van der Waals surface area (Å²) in [5.74, 6) is -0.0329. The first-order chi connectivity index (χ1) is 12.4. The summed E-state index contributed by atoms with van der Waals surface area (Å²) in [4.78, 5) is 16.0. The van der Waals surface area contributed by atoms with E-state index in [1.807, 2.05) is 42.2 Å². The maximum absolute atomic E-state index is 12.5. The predicted molar refractivity (Wildman–Crippen MR) is 106 cm³/mol. The number of fused-ring (bicyclic) bond motifs is 1. The van der Waals surface area contributed by atoms with E-state index in [2.05, 4.69) is 4.40 Å². The fraction of sp³-hybridized carbons (Fsp3) is 0.222. The number of benzene rings is 2. The number of hydrogen-bond acceptors (Lipinski definition) is 5. The Morgan fingerprint density at radius 3 is 2.46 bits per heavy atom. The van der Waals surface area contributed by atoms with E-state index in [9.17, 15) is 13.2 Å². The van der Waals surface area contributed by atoms with Gasteiger partial charge in [0, 0.05) is 19.3 Å². The van der Waals surface area contributed by atoms with Gasteiger partial charge in [0.25, 0.3) is 10.0 Å². The van der Waals surface area contributed by atoms with Crippen LogP contribution in [0.4, 0.5) is 11.4 Å². The Balaban J connectivity index is 1.79. The zero-order chi connectivity index (χ0) is 18.7. The van der Waals surface area contributed by atoms with Gasteiger partial charge in [-0.3, -0.25) is 4.79 Å². The van der Waals surface area contributed by atoms with Gasteiger partial charge in [-0.15, -0.1) is 4.40 Å². The minimum atomic E-state index is -3.75. The number of sulfonamides is 1. The lowest BCUT2D eigenvalue weighted by Gasteiger charge is -2.29. The van der Waals surface area contributed by atoms with Crippen LogP contribution in [0.2, 0.25) is 0 Å². The van der Waals surface area contributed by atoms with Crippen molar-refractivity contribution in [3.05, 3.63) is 54.6 Å². The molecule has 1 aliphatic rings. The Morgan fingerprint density at radius 1 is 1.12 bits per heavy atom. The highest BCUT2D eigenvalue weighted by Gasteiger charge is 2.30. The van der Waals surface area contributed by atoms with Crippen molar-refractivity contribution in [2.24, 2.45) is 4.40 Å². The molecule has 0 atom stereocenters. The van der Waals surface area contributed by atoms with Crippen molar-refractivity contribution in [2.75, 3.05) is 29.1 Å². The number of thioether (sulfide) groups is 1. The van der Waals surface area contributed by atoms with Crippen molar-refractivity contribution < 1.29 is 13.2 Å². The molecule has 0 N–H and O–H groups in total. The van der Waals surface area contributed by atoms with Crippen LogP contribution in [0.3, 0.4) is 0 Å². The highest BCUT2D eigenvalue weighted by molar-refractivity contribution is 8.15. The van der Waals surface area contributed by atoms with Gasteiger partial charge in [0.2, 0.25) is 5.91 Å². The summed E-state index contributed by atoms with van der Waals surface area (Å²) in [5.41, 5.74) is 1.38. The van der Waals surface area contributed by atoms with Gasteiger partial charge in [0.1, 0.15) is 4.90 Å². The lowest BCUT2D eigenvalue weighted by molar-refractivity contribution is -0.115. The number of hydrogen-bond donors (Lipinski definition) is 0. The van der Waals surface area contributed by atoms with Crippen LogP contribution in [0.5, 0.6) is 0 Å². The van der Waals surface area contributed by atoms with Crippen LogP contribution >= 0.6 is 11.8 Å². The first kappa shape index (κ1) is 18.5. The van der Waals surface area contributed by atoms with Gasteiger partial charge in [0.15, 0.2) is 5.17 Å². The number of nitrogens with zero attached hydrogens (tertiary/aromatic N) is 3. The van der Waals surface area contributed by atoms with Crippen LogP contribution in [0, 0.1) is 0 Å². The lowest BCUT2D eigenvalue weighted by atomic mass is 10.3. The second kappa shape index (κ2) is 7.51. The maximum Gasteiger partial charge on any atom is 0.286 e. The van der Waals surface area contributed by atoms with Gasteiger partial charge in [-0.2, -0.15) is 8.42 Å². The number of carbonyl (C=O) groups excluding carboxylic acids is 1. The Kier molecular flexibility index (Phi) is 5.33. The first-order valence-corrected chi connectivity index (χ1v) is 10.5. The Morgan fingerprint density at radius 2 is 1.77 bits per heavy atom. The fourth-order valence-electron chi connectivity index (χ4n) is 2.63. The molecule has 1 heterocycles. The van der Waals surface area contributed by atoms with E-state index in [1.165, 1.54) is 0 Å². The van der Waals surface area contributed by atoms with Gasteiger partial charge in [-0.1, -0.05) is 42.1 Å². The van der Waals surface area contributed by atoms with Gasteiger partial charge < -0.3 is 9.80 Å². The average molecular weight is 390 g/mol. The van der Waals surface area contributed by atoms with Gasteiger partial charge in [0.05, 0.1) is 11.4 Å². The molecule has 8 heteroatoms. The van der Waals surface area contributed by atoms with Crippen LogP contribution in [-0.4, -0.2) is 38.8 Å². The molecule has 1 amide bonds. The van der Waals surface area contributed by atoms with E-state index < -0.39 is 10.0 Å². The quantitative estimate of drug-likeness (QED) is 0.804. The topological polar surface area (TPSA) is 70.1 Å². The molecule has 2 aromatic rings. The number of rotatable bonds is 4. The number of anilines is 2. The number of carbonyl (C=O) groups is 1. The summed E-state index contributed by atoms with van der Waals surface area (Å²) in [5, 5.41) is 0.320. The average Bonchev–Trinajstić information content (AvgIpc) is 2.66. The zero-order valence-electron chi connectivity index (χ0n) is 14.5. The summed E-state index contributed by atoms with van der Waals surface area (Å²) in [6.45, 7) is 2.48. The summed E-state index contributed by atoms with van der Waals surface area (Å²) < 4.78 is 28.8. The SMILES string of the molecule is CCN1C(SCC(=O)N(C)c2ccccc2)=NS(=O)(=O)c2ccccc21. The molecule has 3 rings (SSSR count). The first-order valence-electron chi connectivity index (χ1n) is 8.10. The normalized spacial score (nSPS) is 15.2. The number of amidine groups is 1. The summed E-state index contributed by atoms with van der Waals surface area (Å²) in [6.07, 6.45) is 0. The third kappa shape index (κ3) is 3.61. The molecule has 0 spiro atoms. The molecule has 0 aliphatic carbocycles. The van der Waals surface area contributed by atoms with Crippen molar-refractivity contribution in [2.45, 2.75) is 11.8 Å². The second-order valence-electron chi connectivity index (χ2n) is 5.64. The fourth-order valence-corrected chi connectivity index (χ4v) is 5.06. The molecule has 0 fully saturated rings. The summed E-state index contributed by atoms with van der Waals surface area (Å²) in [6, 6.07) is 16.1. The molecule has 0 radical (unpaired) electrons. The van der Waals surface area contributed by atoms with Crippen LogP contribution in [0.25, 0.3) is 0 Å². The highest BCUT2D eigenvalue weighted by atomic mass is 32.2. The molecule has 0 aromatic heterocycles. The Hall–Kier alpha value is -2.32. The van der Waals surface area contributed by atoms with Crippen molar-refractivity contribution in [3.63, 3.8) is 0 Å². The number of para-hydroxylation sites is 2. The van der Waals surface area contributed by atoms with Crippen molar-refractivity contribution in [3.8, 4) is 0 Å². The molecule has 136 valence electrons. The molecule has 26 heavy (non-hydrogen) atoms. The van der Waals surface area contributed by atoms with Gasteiger partial charge in [-0.05, 0) is 31.2 Å². The van der Waals surface area contributed by atoms with E-state index in [1.54, 1.807) is 36.2 Å². The third-order valence-electron chi connectivity index (χ3n) is 4.02. The van der Waals surface area contributed by atoms with E-state index in [0.29, 0.717) is 17.4 Å². The molecule has 6 nitrogen and oxygen atoms in total. The summed E-state index contributed by atoms with van der Waals surface area (Å²) in [7, 11) is -2.06. The van der Waals surface area contributed by atoms with Crippen LogP contribution < -0.4 is 9.80 Å². The van der Waals surface area contributed by atoms with Gasteiger partial charge in [-0.25, -0.2) is 0 Å². The largest absolute Gasteiger partial charge is 0.319 e. The van der Waals surface area contributed by atoms with Crippen LogP contribution in [0.15, 0.2) is 63.9 Å².